The first kappa shape index (κ1) is 22.9. The quantitative estimate of drug-likeness (QED) is 0.385. The molecule has 1 aliphatic rings. The number of nitrogens with two attached hydrogens (primary N) is 1. The molecule has 0 radical (unpaired) electrons. The van der Waals surface area contributed by atoms with Crippen LogP contribution in [-0.4, -0.2) is 40.8 Å². The van der Waals surface area contributed by atoms with Crippen LogP contribution in [0.5, 0.6) is 11.5 Å². The lowest BCUT2D eigenvalue weighted by Gasteiger charge is -2.17. The van der Waals surface area contributed by atoms with E-state index in [0.29, 0.717) is 44.5 Å². The second-order valence-corrected chi connectivity index (χ2v) is 9.80. The molecule has 11 heteroatoms. The van der Waals surface area contributed by atoms with E-state index in [1.54, 1.807) is 32.4 Å². The minimum Gasteiger partial charge on any atom is -0.493 e. The van der Waals surface area contributed by atoms with Crippen molar-refractivity contribution >= 4 is 34.0 Å². The summed E-state index contributed by atoms with van der Waals surface area (Å²) in [5.74, 6) is 8.23. The first-order chi connectivity index (χ1) is 15.9. The molecule has 1 aromatic carbocycles. The normalized spacial score (nSPS) is 14.9. The summed E-state index contributed by atoms with van der Waals surface area (Å²) in [4.78, 5) is 13.8. The monoisotopic (exact) mass is 484 g/mol. The molecule has 3 aromatic rings. The standard InChI is InChI=1S/C22H24N6O3S2/c1-12-4-6-14-15(10-23)21(33-18(14)8-12)25-19(29)11-32-22-27-26-20(28(22)24)13-5-7-16(30-2)17(9-13)31-3/h5,7,9,12H,4,6,8,11,24H2,1-3H3,(H,25,29)/t12-/m1/s1. The number of benzene rings is 1. The SMILES string of the molecule is COc1ccc(-c2nnc(SCC(=O)Nc3sc4c(c3C#N)CC[C@@H](C)C4)n2N)cc1OC. The van der Waals surface area contributed by atoms with Gasteiger partial charge in [0.05, 0.1) is 25.5 Å². The number of aromatic nitrogens is 3. The van der Waals surface area contributed by atoms with Crippen LogP contribution in [0.1, 0.15) is 29.3 Å². The average Bonchev–Trinajstić information content (AvgIpc) is 3.35. The van der Waals surface area contributed by atoms with E-state index in [-0.39, 0.29) is 11.7 Å². The highest BCUT2D eigenvalue weighted by atomic mass is 32.2. The van der Waals surface area contributed by atoms with Crippen LogP contribution >= 0.6 is 23.1 Å². The van der Waals surface area contributed by atoms with Gasteiger partial charge in [-0.1, -0.05) is 18.7 Å². The van der Waals surface area contributed by atoms with Crippen molar-refractivity contribution in [1.82, 2.24) is 14.9 Å². The molecule has 172 valence electrons. The molecule has 2 aromatic heterocycles. The maximum absolute atomic E-state index is 12.6. The number of fused-ring (bicyclic) bond motifs is 1. The Hall–Kier alpha value is -3.23. The summed E-state index contributed by atoms with van der Waals surface area (Å²) in [6.45, 7) is 2.21. The van der Waals surface area contributed by atoms with Crippen LogP contribution in [0.3, 0.4) is 0 Å². The number of carbonyl (C=O) groups is 1. The number of thioether (sulfide) groups is 1. The maximum atomic E-state index is 12.6. The summed E-state index contributed by atoms with van der Waals surface area (Å²) in [7, 11) is 3.12. The maximum Gasteiger partial charge on any atom is 0.235 e. The number of thiophene rings is 1. The molecule has 0 fully saturated rings. The zero-order valence-corrected chi connectivity index (χ0v) is 20.2. The molecular weight excluding hydrogens is 460 g/mol. The minimum atomic E-state index is -0.223. The van der Waals surface area contributed by atoms with Crippen molar-refractivity contribution < 1.29 is 14.3 Å². The molecule has 3 N–H and O–H groups in total. The second-order valence-electron chi connectivity index (χ2n) is 7.75. The van der Waals surface area contributed by atoms with Crippen molar-refractivity contribution in [3.8, 4) is 29.0 Å². The first-order valence-corrected chi connectivity index (χ1v) is 12.2. The lowest BCUT2D eigenvalue weighted by molar-refractivity contribution is -0.113. The summed E-state index contributed by atoms with van der Waals surface area (Å²) in [5.41, 5.74) is 2.39. The molecule has 0 saturated heterocycles. The van der Waals surface area contributed by atoms with Crippen molar-refractivity contribution in [2.24, 2.45) is 5.92 Å². The van der Waals surface area contributed by atoms with Crippen LogP contribution in [0.15, 0.2) is 23.4 Å². The highest BCUT2D eigenvalue weighted by Gasteiger charge is 2.25. The molecule has 1 aliphatic carbocycles. The largest absolute Gasteiger partial charge is 0.493 e. The summed E-state index contributed by atoms with van der Waals surface area (Å²) in [6, 6.07) is 7.59. The zero-order chi connectivity index (χ0) is 23.5. The number of ether oxygens (including phenoxy) is 2. The molecule has 4 rings (SSSR count). The van der Waals surface area contributed by atoms with E-state index in [1.807, 2.05) is 0 Å². The van der Waals surface area contributed by atoms with E-state index in [2.05, 4.69) is 28.5 Å². The van der Waals surface area contributed by atoms with Gasteiger partial charge in [0.1, 0.15) is 11.1 Å². The Morgan fingerprint density at radius 3 is 2.88 bits per heavy atom. The Balaban J connectivity index is 1.44. The van der Waals surface area contributed by atoms with Crippen LogP contribution in [0, 0.1) is 17.2 Å². The van der Waals surface area contributed by atoms with Gasteiger partial charge in [0.2, 0.25) is 11.1 Å². The number of nitrogens with one attached hydrogen (secondary N) is 1. The molecule has 1 atom stereocenters. The molecule has 9 nitrogen and oxygen atoms in total. The number of rotatable bonds is 7. The molecular formula is C22H24N6O3S2. The van der Waals surface area contributed by atoms with E-state index in [9.17, 15) is 10.1 Å². The van der Waals surface area contributed by atoms with Gasteiger partial charge in [-0.15, -0.1) is 21.5 Å². The number of nitrogen functional groups attached to an aromatic ring is 1. The Morgan fingerprint density at radius 1 is 1.36 bits per heavy atom. The third kappa shape index (κ3) is 4.62. The van der Waals surface area contributed by atoms with E-state index < -0.39 is 0 Å². The molecule has 33 heavy (non-hydrogen) atoms. The van der Waals surface area contributed by atoms with Crippen LogP contribution in [-0.2, 0) is 17.6 Å². The lowest BCUT2D eigenvalue weighted by Crippen LogP contribution is -2.16. The molecule has 1 amide bonds. The second kappa shape index (κ2) is 9.72. The molecule has 2 heterocycles. The number of nitriles is 1. The van der Waals surface area contributed by atoms with E-state index in [4.69, 9.17) is 15.3 Å². The average molecular weight is 485 g/mol. The first-order valence-electron chi connectivity index (χ1n) is 10.3. The van der Waals surface area contributed by atoms with E-state index >= 15 is 0 Å². The smallest absolute Gasteiger partial charge is 0.235 e. The van der Waals surface area contributed by atoms with E-state index in [1.165, 1.54) is 32.7 Å². The molecule has 0 bridgehead atoms. The summed E-state index contributed by atoms with van der Waals surface area (Å²) in [5, 5.41) is 21.8. The van der Waals surface area contributed by atoms with Crippen molar-refractivity contribution in [1.29, 1.82) is 5.26 Å². The Kier molecular flexibility index (Phi) is 6.76. The molecule has 0 aliphatic heterocycles. The summed E-state index contributed by atoms with van der Waals surface area (Å²) < 4.78 is 11.9. The Labute approximate surface area is 199 Å². The Bertz CT molecular complexity index is 1230. The van der Waals surface area contributed by atoms with Gasteiger partial charge >= 0.3 is 0 Å². The van der Waals surface area contributed by atoms with Crippen LogP contribution in [0.4, 0.5) is 5.00 Å². The van der Waals surface area contributed by atoms with Gasteiger partial charge in [-0.05, 0) is 48.9 Å². The fourth-order valence-electron chi connectivity index (χ4n) is 3.80. The number of carbonyl (C=O) groups excluding carboxylic acids is 1. The predicted molar refractivity (Wildman–Crippen MR) is 128 cm³/mol. The highest BCUT2D eigenvalue weighted by Crippen LogP contribution is 2.39. The minimum absolute atomic E-state index is 0.0884. The third-order valence-corrected chi connectivity index (χ3v) is 7.63. The van der Waals surface area contributed by atoms with Gasteiger partial charge in [-0.3, -0.25) is 4.79 Å². The topological polar surface area (TPSA) is 128 Å². The van der Waals surface area contributed by atoms with Gasteiger partial charge in [-0.25, -0.2) is 4.68 Å². The lowest BCUT2D eigenvalue weighted by atomic mass is 9.89. The summed E-state index contributed by atoms with van der Waals surface area (Å²) in [6.07, 6.45) is 2.90. The van der Waals surface area contributed by atoms with Gasteiger partial charge in [0.15, 0.2) is 17.3 Å². The van der Waals surface area contributed by atoms with Crippen molar-refractivity contribution in [2.45, 2.75) is 31.3 Å². The van der Waals surface area contributed by atoms with Crippen molar-refractivity contribution in [3.63, 3.8) is 0 Å². The zero-order valence-electron chi connectivity index (χ0n) is 18.5. The number of amides is 1. The number of anilines is 1. The molecule has 0 saturated carbocycles. The number of methoxy groups -OCH3 is 2. The predicted octanol–water partition coefficient (Wildman–Crippen LogP) is 3.46. The Morgan fingerprint density at radius 2 is 2.15 bits per heavy atom. The molecule has 0 spiro atoms. The number of hydrogen-bond donors (Lipinski definition) is 2. The van der Waals surface area contributed by atoms with Crippen LogP contribution in [0.25, 0.3) is 11.4 Å². The van der Waals surface area contributed by atoms with E-state index in [0.717, 1.165) is 24.8 Å². The van der Waals surface area contributed by atoms with Gasteiger partial charge in [-0.2, -0.15) is 5.26 Å². The fraction of sp³-hybridized carbons (Fsp3) is 0.364. The van der Waals surface area contributed by atoms with Gasteiger partial charge in [0.25, 0.3) is 0 Å². The fourth-order valence-corrected chi connectivity index (χ4v) is 5.83. The third-order valence-electron chi connectivity index (χ3n) is 5.52. The highest BCUT2D eigenvalue weighted by molar-refractivity contribution is 7.99. The van der Waals surface area contributed by atoms with Crippen molar-refractivity contribution in [3.05, 3.63) is 34.2 Å². The van der Waals surface area contributed by atoms with Crippen LogP contribution < -0.4 is 20.6 Å². The summed E-state index contributed by atoms with van der Waals surface area (Å²) >= 11 is 2.68. The number of nitrogens with zero attached hydrogens (tertiary/aromatic N) is 4. The molecule has 0 unspecified atom stereocenters. The number of hydrogen-bond acceptors (Lipinski definition) is 9. The van der Waals surface area contributed by atoms with Crippen molar-refractivity contribution in [2.75, 3.05) is 31.1 Å². The van der Waals surface area contributed by atoms with Gasteiger partial charge in [0, 0.05) is 10.4 Å². The van der Waals surface area contributed by atoms with Crippen LogP contribution in [0.2, 0.25) is 0 Å². The van der Waals surface area contributed by atoms with Gasteiger partial charge < -0.3 is 20.6 Å².